The van der Waals surface area contributed by atoms with Crippen LogP contribution in [-0.4, -0.2) is 50.5 Å². The van der Waals surface area contributed by atoms with Gasteiger partial charge in [0.2, 0.25) is 5.95 Å². The van der Waals surface area contributed by atoms with Crippen LogP contribution in [0, 0.1) is 0 Å². The predicted molar refractivity (Wildman–Crippen MR) is 89.5 cm³/mol. The monoisotopic (exact) mass is 327 g/mol. The van der Waals surface area contributed by atoms with Gasteiger partial charge in [0.05, 0.1) is 11.2 Å². The maximum absolute atomic E-state index is 12.5. The largest absolute Gasteiger partial charge is 0.385 e. The van der Waals surface area contributed by atoms with Gasteiger partial charge in [-0.15, -0.1) is 0 Å². The number of aliphatic hydroxyl groups is 1. The molecule has 1 fully saturated rings. The molecule has 0 bridgehead atoms. The molecule has 1 aliphatic rings. The smallest absolute Gasteiger partial charge is 0.256 e. The molecule has 0 spiro atoms. The number of piperidine rings is 1. The molecule has 0 radical (unpaired) electrons. The number of amides is 1. The second-order valence-electron chi connectivity index (χ2n) is 5.89. The highest BCUT2D eigenvalue weighted by molar-refractivity contribution is 5.93. The van der Waals surface area contributed by atoms with Crippen molar-refractivity contribution in [1.29, 1.82) is 0 Å². The third-order valence-corrected chi connectivity index (χ3v) is 4.31. The van der Waals surface area contributed by atoms with Crippen molar-refractivity contribution >= 4 is 11.9 Å². The van der Waals surface area contributed by atoms with Crippen molar-refractivity contribution in [3.8, 4) is 0 Å². The summed E-state index contributed by atoms with van der Waals surface area (Å²) in [6.45, 7) is 3.66. The van der Waals surface area contributed by atoms with E-state index >= 15 is 0 Å². The minimum absolute atomic E-state index is 0.105. The number of carbonyl (C=O) groups excluding carboxylic acids is 1. The zero-order valence-electron chi connectivity index (χ0n) is 13.6. The van der Waals surface area contributed by atoms with Gasteiger partial charge < -0.3 is 15.3 Å². The van der Waals surface area contributed by atoms with E-state index in [1.807, 2.05) is 19.1 Å². The molecule has 0 aliphatic carbocycles. The first-order valence-corrected chi connectivity index (χ1v) is 8.10. The fraction of sp³-hybridized carbons (Fsp3) is 0.412. The van der Waals surface area contributed by atoms with Crippen LogP contribution < -0.4 is 5.32 Å². The van der Waals surface area contributed by atoms with Gasteiger partial charge in [0.25, 0.3) is 5.91 Å². The molecule has 7 nitrogen and oxygen atoms in total. The quantitative estimate of drug-likeness (QED) is 0.883. The van der Waals surface area contributed by atoms with Crippen LogP contribution in [-0.2, 0) is 5.60 Å². The van der Waals surface area contributed by atoms with Gasteiger partial charge in [-0.25, -0.2) is 9.97 Å². The summed E-state index contributed by atoms with van der Waals surface area (Å²) < 4.78 is 0. The van der Waals surface area contributed by atoms with Crippen LogP contribution in [0.15, 0.2) is 36.9 Å². The van der Waals surface area contributed by atoms with Crippen molar-refractivity contribution in [2.24, 2.45) is 0 Å². The van der Waals surface area contributed by atoms with Crippen LogP contribution in [0.5, 0.6) is 0 Å². The Morgan fingerprint density at radius 3 is 2.58 bits per heavy atom. The average molecular weight is 327 g/mol. The summed E-state index contributed by atoms with van der Waals surface area (Å²) in [6.07, 6.45) is 7.42. The Morgan fingerprint density at radius 1 is 1.29 bits per heavy atom. The van der Waals surface area contributed by atoms with Gasteiger partial charge in [-0.3, -0.25) is 9.78 Å². The van der Waals surface area contributed by atoms with Gasteiger partial charge in [0.15, 0.2) is 0 Å². The van der Waals surface area contributed by atoms with Crippen LogP contribution in [0.1, 0.15) is 35.7 Å². The molecule has 1 amide bonds. The van der Waals surface area contributed by atoms with Crippen LogP contribution in [0.3, 0.4) is 0 Å². The lowest BCUT2D eigenvalue weighted by Gasteiger charge is -2.38. The summed E-state index contributed by atoms with van der Waals surface area (Å²) in [4.78, 5) is 26.6. The van der Waals surface area contributed by atoms with E-state index in [2.05, 4.69) is 20.3 Å². The number of nitrogens with zero attached hydrogens (tertiary/aromatic N) is 4. The highest BCUT2D eigenvalue weighted by atomic mass is 16.3. The van der Waals surface area contributed by atoms with E-state index in [1.165, 1.54) is 12.4 Å². The van der Waals surface area contributed by atoms with Gasteiger partial charge >= 0.3 is 0 Å². The highest BCUT2D eigenvalue weighted by Crippen LogP contribution is 2.32. The molecule has 0 saturated carbocycles. The lowest BCUT2D eigenvalue weighted by molar-refractivity contribution is -0.0213. The van der Waals surface area contributed by atoms with E-state index in [-0.39, 0.29) is 5.91 Å². The molecule has 1 saturated heterocycles. The number of likely N-dealkylation sites (tertiary alicyclic amines) is 1. The van der Waals surface area contributed by atoms with Crippen LogP contribution >= 0.6 is 0 Å². The Hall–Kier alpha value is -2.54. The minimum Gasteiger partial charge on any atom is -0.385 e. The van der Waals surface area contributed by atoms with Crippen molar-refractivity contribution < 1.29 is 9.90 Å². The Bertz CT molecular complexity index is 682. The van der Waals surface area contributed by atoms with Gasteiger partial charge in [0, 0.05) is 50.0 Å². The summed E-state index contributed by atoms with van der Waals surface area (Å²) >= 11 is 0. The van der Waals surface area contributed by atoms with Crippen LogP contribution in [0.4, 0.5) is 5.95 Å². The molecular formula is C17H21N5O2. The lowest BCUT2D eigenvalue weighted by Crippen LogP contribution is -2.45. The zero-order valence-corrected chi connectivity index (χ0v) is 13.6. The molecule has 24 heavy (non-hydrogen) atoms. The van der Waals surface area contributed by atoms with Crippen molar-refractivity contribution in [3.63, 3.8) is 0 Å². The number of nitrogens with one attached hydrogen (secondary N) is 1. The molecule has 2 aromatic rings. The van der Waals surface area contributed by atoms with Crippen LogP contribution in [0.25, 0.3) is 0 Å². The molecule has 0 unspecified atom stereocenters. The number of pyridine rings is 1. The summed E-state index contributed by atoms with van der Waals surface area (Å²) in [5.74, 6) is 0.407. The van der Waals surface area contributed by atoms with Gasteiger partial charge in [0.1, 0.15) is 0 Å². The molecular weight excluding hydrogens is 306 g/mol. The lowest BCUT2D eigenvalue weighted by atomic mass is 9.85. The van der Waals surface area contributed by atoms with Gasteiger partial charge in [-0.05, 0) is 25.8 Å². The van der Waals surface area contributed by atoms with Crippen LogP contribution in [0.2, 0.25) is 0 Å². The number of hydrogen-bond acceptors (Lipinski definition) is 6. The predicted octanol–water partition coefficient (Wildman–Crippen LogP) is 1.43. The van der Waals surface area contributed by atoms with Crippen molar-refractivity contribution in [2.45, 2.75) is 25.4 Å². The Balaban J connectivity index is 1.65. The number of hydrogen-bond donors (Lipinski definition) is 2. The van der Waals surface area contributed by atoms with Crippen molar-refractivity contribution in [1.82, 2.24) is 19.9 Å². The van der Waals surface area contributed by atoms with Gasteiger partial charge in [-0.2, -0.15) is 0 Å². The maximum Gasteiger partial charge on any atom is 0.256 e. The third kappa shape index (κ3) is 3.35. The number of carbonyl (C=O) groups is 1. The summed E-state index contributed by atoms with van der Waals surface area (Å²) in [7, 11) is 0. The molecule has 0 atom stereocenters. The third-order valence-electron chi connectivity index (χ3n) is 4.31. The SMILES string of the molecule is CCNc1ncc(C(=O)N2CCC(O)(c3cccnc3)CC2)cn1. The number of aromatic nitrogens is 3. The molecule has 0 aromatic carbocycles. The van der Waals surface area contributed by atoms with Crippen molar-refractivity contribution in [2.75, 3.05) is 25.0 Å². The second kappa shape index (κ2) is 6.92. The fourth-order valence-corrected chi connectivity index (χ4v) is 2.88. The molecule has 126 valence electrons. The van der Waals surface area contributed by atoms with E-state index in [0.717, 1.165) is 12.1 Å². The minimum atomic E-state index is -0.920. The fourth-order valence-electron chi connectivity index (χ4n) is 2.88. The molecule has 7 heteroatoms. The first-order valence-electron chi connectivity index (χ1n) is 8.10. The van der Waals surface area contributed by atoms with E-state index in [0.29, 0.717) is 37.4 Å². The topological polar surface area (TPSA) is 91.2 Å². The molecule has 2 N–H and O–H groups in total. The first kappa shape index (κ1) is 16.3. The zero-order chi connectivity index (χ0) is 17.0. The maximum atomic E-state index is 12.5. The van der Waals surface area contributed by atoms with E-state index in [4.69, 9.17) is 0 Å². The number of anilines is 1. The summed E-state index contributed by atoms with van der Waals surface area (Å²) in [6, 6.07) is 3.69. The Kier molecular flexibility index (Phi) is 4.71. The summed E-state index contributed by atoms with van der Waals surface area (Å²) in [5, 5.41) is 13.8. The first-order chi connectivity index (χ1) is 11.6. The van der Waals surface area contributed by atoms with Gasteiger partial charge in [-0.1, -0.05) is 6.07 Å². The Labute approximate surface area is 140 Å². The van der Waals surface area contributed by atoms with E-state index < -0.39 is 5.60 Å². The standard InChI is InChI=1S/C17H21N5O2/c1-2-19-16-20-10-13(11-21-16)15(23)22-8-5-17(24,6-9-22)14-4-3-7-18-12-14/h3-4,7,10-12,24H,2,5-6,8-9H2,1H3,(H,19,20,21). The normalized spacial score (nSPS) is 16.7. The molecule has 3 heterocycles. The van der Waals surface area contributed by atoms with E-state index in [9.17, 15) is 9.90 Å². The van der Waals surface area contributed by atoms with E-state index in [1.54, 1.807) is 17.3 Å². The summed E-state index contributed by atoms with van der Waals surface area (Å²) in [5.41, 5.74) is 0.343. The second-order valence-corrected chi connectivity index (χ2v) is 5.89. The number of rotatable bonds is 4. The highest BCUT2D eigenvalue weighted by Gasteiger charge is 2.35. The van der Waals surface area contributed by atoms with Crippen molar-refractivity contribution in [3.05, 3.63) is 48.0 Å². The Morgan fingerprint density at radius 2 is 2.00 bits per heavy atom. The molecule has 2 aromatic heterocycles. The molecule has 3 rings (SSSR count). The molecule has 1 aliphatic heterocycles. The average Bonchev–Trinajstić information content (AvgIpc) is 2.63.